The topological polar surface area (TPSA) is 55.6 Å². The van der Waals surface area contributed by atoms with Gasteiger partial charge in [-0.15, -0.1) is 0 Å². The molecule has 1 aliphatic carbocycles. The first-order valence-corrected chi connectivity index (χ1v) is 7.72. The minimum Gasteiger partial charge on any atom is -0.381 e. The molecular weight excluding hydrogens is 240 g/mol. The van der Waals surface area contributed by atoms with Crippen LogP contribution < -0.4 is 5.73 Å². The number of hydrogen-bond donors (Lipinski definition) is 1. The Morgan fingerprint density at radius 1 is 1.26 bits per heavy atom. The molecule has 0 spiro atoms. The van der Waals surface area contributed by atoms with Crippen molar-refractivity contribution in [2.75, 3.05) is 26.7 Å². The summed E-state index contributed by atoms with van der Waals surface area (Å²) in [6.07, 6.45) is 8.64. The molecule has 0 aromatic rings. The first-order valence-electron chi connectivity index (χ1n) is 7.72. The predicted molar refractivity (Wildman–Crippen MR) is 75.7 cm³/mol. The Morgan fingerprint density at radius 3 is 2.63 bits per heavy atom. The lowest BCUT2D eigenvalue weighted by atomic mass is 9.86. The highest BCUT2D eigenvalue weighted by atomic mass is 16.5. The molecule has 0 unspecified atom stereocenters. The van der Waals surface area contributed by atoms with E-state index in [1.165, 1.54) is 38.6 Å². The zero-order chi connectivity index (χ0) is 13.7. The van der Waals surface area contributed by atoms with E-state index < -0.39 is 0 Å². The SMILES string of the molecule is CO[C@@H]1CCN(CC2CCCCC2)C[C@H]1CC(N)=O. The van der Waals surface area contributed by atoms with Crippen LogP contribution in [0.1, 0.15) is 44.9 Å². The molecule has 2 fully saturated rings. The molecule has 1 heterocycles. The van der Waals surface area contributed by atoms with Gasteiger partial charge in [-0.05, 0) is 25.2 Å². The minimum absolute atomic E-state index is 0.202. The number of nitrogens with zero attached hydrogens (tertiary/aromatic N) is 1. The molecule has 0 radical (unpaired) electrons. The van der Waals surface area contributed by atoms with Gasteiger partial charge in [0, 0.05) is 39.1 Å². The first-order chi connectivity index (χ1) is 9.19. The molecule has 2 atom stereocenters. The van der Waals surface area contributed by atoms with Crippen molar-refractivity contribution < 1.29 is 9.53 Å². The van der Waals surface area contributed by atoms with Crippen LogP contribution in [-0.4, -0.2) is 43.7 Å². The lowest BCUT2D eigenvalue weighted by Crippen LogP contribution is -2.46. The molecule has 4 nitrogen and oxygen atoms in total. The summed E-state index contributed by atoms with van der Waals surface area (Å²) in [6.45, 7) is 3.27. The summed E-state index contributed by atoms with van der Waals surface area (Å²) in [5.74, 6) is 0.938. The molecular formula is C15H28N2O2. The zero-order valence-corrected chi connectivity index (χ0v) is 12.1. The van der Waals surface area contributed by atoms with E-state index >= 15 is 0 Å². The van der Waals surface area contributed by atoms with Crippen LogP contribution in [0.2, 0.25) is 0 Å². The monoisotopic (exact) mass is 268 g/mol. The normalized spacial score (nSPS) is 30.4. The van der Waals surface area contributed by atoms with Crippen LogP contribution in [0.25, 0.3) is 0 Å². The summed E-state index contributed by atoms with van der Waals surface area (Å²) in [6, 6.07) is 0. The predicted octanol–water partition coefficient (Wildman–Crippen LogP) is 1.78. The Balaban J connectivity index is 1.83. The van der Waals surface area contributed by atoms with Gasteiger partial charge in [-0.2, -0.15) is 0 Å². The van der Waals surface area contributed by atoms with Crippen molar-refractivity contribution in [1.29, 1.82) is 0 Å². The van der Waals surface area contributed by atoms with E-state index in [0.29, 0.717) is 6.42 Å². The standard InChI is InChI=1S/C15H28N2O2/c1-19-14-7-8-17(11-13(14)9-15(16)18)10-12-5-3-2-4-6-12/h12-14H,2-11H2,1H3,(H2,16,18)/t13-,14-/m1/s1. The molecule has 2 aliphatic rings. The third kappa shape index (κ3) is 4.46. The second kappa shape index (κ2) is 7.25. The van der Waals surface area contributed by atoms with Crippen molar-refractivity contribution in [3.63, 3.8) is 0 Å². The number of rotatable bonds is 5. The van der Waals surface area contributed by atoms with Crippen LogP contribution in [0, 0.1) is 11.8 Å². The van der Waals surface area contributed by atoms with Crippen molar-refractivity contribution in [2.45, 2.75) is 51.0 Å². The summed E-state index contributed by atoms with van der Waals surface area (Å²) in [5.41, 5.74) is 5.36. The van der Waals surface area contributed by atoms with Crippen LogP contribution in [0.4, 0.5) is 0 Å². The van der Waals surface area contributed by atoms with E-state index in [0.717, 1.165) is 25.4 Å². The smallest absolute Gasteiger partial charge is 0.217 e. The molecule has 4 heteroatoms. The fourth-order valence-electron chi connectivity index (χ4n) is 3.75. The zero-order valence-electron chi connectivity index (χ0n) is 12.1. The summed E-state index contributed by atoms with van der Waals surface area (Å²) >= 11 is 0. The Hall–Kier alpha value is -0.610. The summed E-state index contributed by atoms with van der Waals surface area (Å²) in [5, 5.41) is 0. The number of primary amides is 1. The molecule has 0 aromatic heterocycles. The Labute approximate surface area is 116 Å². The van der Waals surface area contributed by atoms with Crippen LogP contribution >= 0.6 is 0 Å². The van der Waals surface area contributed by atoms with Gasteiger partial charge in [-0.3, -0.25) is 4.79 Å². The van der Waals surface area contributed by atoms with E-state index in [1.807, 2.05) is 0 Å². The maximum absolute atomic E-state index is 11.2. The van der Waals surface area contributed by atoms with Gasteiger partial charge in [-0.1, -0.05) is 19.3 Å². The number of carbonyl (C=O) groups excluding carboxylic acids is 1. The van der Waals surface area contributed by atoms with E-state index in [2.05, 4.69) is 4.90 Å². The van der Waals surface area contributed by atoms with Crippen LogP contribution in [0.5, 0.6) is 0 Å². The minimum atomic E-state index is -0.202. The number of methoxy groups -OCH3 is 1. The van der Waals surface area contributed by atoms with Gasteiger partial charge in [0.2, 0.25) is 5.91 Å². The highest BCUT2D eigenvalue weighted by Gasteiger charge is 2.31. The fraction of sp³-hybridized carbons (Fsp3) is 0.933. The fourth-order valence-corrected chi connectivity index (χ4v) is 3.75. The molecule has 0 aromatic carbocycles. The van der Waals surface area contributed by atoms with Crippen LogP contribution in [0.3, 0.4) is 0 Å². The highest BCUT2D eigenvalue weighted by molar-refractivity contribution is 5.74. The molecule has 1 saturated heterocycles. The van der Waals surface area contributed by atoms with Gasteiger partial charge in [0.1, 0.15) is 0 Å². The number of nitrogens with two attached hydrogens (primary N) is 1. The second-order valence-electron chi connectivity index (χ2n) is 6.26. The number of piperidine rings is 1. The summed E-state index contributed by atoms with van der Waals surface area (Å²) in [4.78, 5) is 13.7. The van der Waals surface area contributed by atoms with E-state index in [-0.39, 0.29) is 17.9 Å². The maximum atomic E-state index is 11.2. The summed E-state index contributed by atoms with van der Waals surface area (Å²) in [7, 11) is 1.75. The van der Waals surface area contributed by atoms with Crippen LogP contribution in [-0.2, 0) is 9.53 Å². The third-order valence-corrected chi connectivity index (χ3v) is 4.76. The number of hydrogen-bond acceptors (Lipinski definition) is 3. The second-order valence-corrected chi connectivity index (χ2v) is 6.26. The number of carbonyl (C=O) groups is 1. The van der Waals surface area contributed by atoms with E-state index in [1.54, 1.807) is 7.11 Å². The van der Waals surface area contributed by atoms with Crippen molar-refractivity contribution >= 4 is 5.91 Å². The van der Waals surface area contributed by atoms with Gasteiger partial charge in [0.05, 0.1) is 6.10 Å². The molecule has 2 N–H and O–H groups in total. The molecule has 0 bridgehead atoms. The van der Waals surface area contributed by atoms with Gasteiger partial charge in [0.15, 0.2) is 0 Å². The molecule has 1 amide bonds. The first kappa shape index (κ1) is 14.8. The molecule has 2 rings (SSSR count). The van der Waals surface area contributed by atoms with Gasteiger partial charge in [-0.25, -0.2) is 0 Å². The average molecular weight is 268 g/mol. The quantitative estimate of drug-likeness (QED) is 0.827. The van der Waals surface area contributed by atoms with Crippen molar-refractivity contribution in [1.82, 2.24) is 4.90 Å². The molecule has 110 valence electrons. The number of ether oxygens (including phenoxy) is 1. The lowest BCUT2D eigenvalue weighted by Gasteiger charge is -2.39. The molecule has 1 aliphatic heterocycles. The number of amides is 1. The number of likely N-dealkylation sites (tertiary alicyclic amines) is 1. The Morgan fingerprint density at radius 2 is 2.00 bits per heavy atom. The lowest BCUT2D eigenvalue weighted by molar-refractivity contribution is -0.121. The van der Waals surface area contributed by atoms with Crippen molar-refractivity contribution in [3.8, 4) is 0 Å². The average Bonchev–Trinajstić information content (AvgIpc) is 2.39. The third-order valence-electron chi connectivity index (χ3n) is 4.76. The van der Waals surface area contributed by atoms with Gasteiger partial charge >= 0.3 is 0 Å². The molecule has 19 heavy (non-hydrogen) atoms. The van der Waals surface area contributed by atoms with E-state index in [4.69, 9.17) is 10.5 Å². The Bertz CT molecular complexity index is 290. The van der Waals surface area contributed by atoms with Crippen LogP contribution in [0.15, 0.2) is 0 Å². The summed E-state index contributed by atoms with van der Waals surface area (Å²) < 4.78 is 5.51. The maximum Gasteiger partial charge on any atom is 0.217 e. The van der Waals surface area contributed by atoms with Gasteiger partial charge in [0.25, 0.3) is 0 Å². The largest absolute Gasteiger partial charge is 0.381 e. The van der Waals surface area contributed by atoms with Crippen molar-refractivity contribution in [3.05, 3.63) is 0 Å². The Kier molecular flexibility index (Phi) is 5.64. The van der Waals surface area contributed by atoms with Crippen molar-refractivity contribution in [2.24, 2.45) is 17.6 Å². The highest BCUT2D eigenvalue weighted by Crippen LogP contribution is 2.28. The van der Waals surface area contributed by atoms with Gasteiger partial charge < -0.3 is 15.4 Å². The van der Waals surface area contributed by atoms with E-state index in [9.17, 15) is 4.79 Å². The molecule has 1 saturated carbocycles.